The standard InChI is InChI=1S/C9H15N3O3S2/c1-6(9(13)12(2)3)11-17(14,15)8-4-7(10)5-16-8/h4-6,11H,10H2,1-3H3. The minimum absolute atomic E-state index is 0.105. The third kappa shape index (κ3) is 3.42. The molecule has 96 valence electrons. The summed E-state index contributed by atoms with van der Waals surface area (Å²) in [5.41, 5.74) is 5.85. The van der Waals surface area contributed by atoms with E-state index in [-0.39, 0.29) is 10.1 Å². The van der Waals surface area contributed by atoms with Gasteiger partial charge in [-0.3, -0.25) is 4.79 Å². The van der Waals surface area contributed by atoms with E-state index in [1.165, 1.54) is 23.3 Å². The highest BCUT2D eigenvalue weighted by molar-refractivity contribution is 7.91. The summed E-state index contributed by atoms with van der Waals surface area (Å²) in [6, 6.07) is 0.554. The molecule has 3 N–H and O–H groups in total. The van der Waals surface area contributed by atoms with Gasteiger partial charge in [0, 0.05) is 25.2 Å². The van der Waals surface area contributed by atoms with E-state index in [1.807, 2.05) is 0 Å². The van der Waals surface area contributed by atoms with Crippen LogP contribution in [0.25, 0.3) is 0 Å². The molecule has 1 aromatic rings. The Hall–Kier alpha value is -1.12. The fraction of sp³-hybridized carbons (Fsp3) is 0.444. The number of nitrogen functional groups attached to an aromatic ring is 1. The van der Waals surface area contributed by atoms with Crippen LogP contribution in [0, 0.1) is 0 Å². The number of sulfonamides is 1. The zero-order valence-corrected chi connectivity index (χ0v) is 11.4. The van der Waals surface area contributed by atoms with Crippen molar-refractivity contribution in [1.82, 2.24) is 9.62 Å². The Morgan fingerprint density at radius 2 is 2.12 bits per heavy atom. The predicted octanol–water partition coefficient (Wildman–Crippen LogP) is 0.0853. The maximum atomic E-state index is 11.9. The molecule has 0 saturated heterocycles. The number of carbonyl (C=O) groups excluding carboxylic acids is 1. The van der Waals surface area contributed by atoms with Crippen molar-refractivity contribution in [2.24, 2.45) is 0 Å². The lowest BCUT2D eigenvalue weighted by Crippen LogP contribution is -2.43. The second kappa shape index (κ2) is 5.03. The van der Waals surface area contributed by atoms with E-state index in [9.17, 15) is 13.2 Å². The third-order valence-electron chi connectivity index (χ3n) is 2.00. The highest BCUT2D eigenvalue weighted by atomic mass is 32.2. The van der Waals surface area contributed by atoms with Crippen molar-refractivity contribution in [2.45, 2.75) is 17.2 Å². The Kier molecular flexibility index (Phi) is 4.12. The number of nitrogens with zero attached hydrogens (tertiary/aromatic N) is 1. The van der Waals surface area contributed by atoms with Crippen molar-refractivity contribution < 1.29 is 13.2 Å². The van der Waals surface area contributed by atoms with Crippen molar-refractivity contribution in [3.8, 4) is 0 Å². The number of carbonyl (C=O) groups is 1. The maximum absolute atomic E-state index is 11.9. The van der Waals surface area contributed by atoms with Crippen LogP contribution in [0.1, 0.15) is 6.92 Å². The zero-order chi connectivity index (χ0) is 13.2. The summed E-state index contributed by atoms with van der Waals surface area (Å²) >= 11 is 1.02. The van der Waals surface area contributed by atoms with Crippen molar-refractivity contribution in [3.05, 3.63) is 11.4 Å². The molecule has 0 bridgehead atoms. The van der Waals surface area contributed by atoms with Gasteiger partial charge in [-0.25, -0.2) is 8.42 Å². The maximum Gasteiger partial charge on any atom is 0.250 e. The van der Waals surface area contributed by atoms with Crippen LogP contribution >= 0.6 is 11.3 Å². The van der Waals surface area contributed by atoms with Crippen LogP contribution in [-0.4, -0.2) is 39.4 Å². The van der Waals surface area contributed by atoms with Gasteiger partial charge in [0.25, 0.3) is 10.0 Å². The average molecular weight is 277 g/mol. The second-order valence-corrected chi connectivity index (χ2v) is 6.63. The van der Waals surface area contributed by atoms with Crippen LogP contribution in [0.4, 0.5) is 5.69 Å². The molecular weight excluding hydrogens is 262 g/mol. The van der Waals surface area contributed by atoms with Gasteiger partial charge in [-0.1, -0.05) is 0 Å². The summed E-state index contributed by atoms with van der Waals surface area (Å²) in [5, 5.41) is 1.53. The van der Waals surface area contributed by atoms with Gasteiger partial charge in [0.2, 0.25) is 5.91 Å². The molecule has 1 rings (SSSR count). The molecule has 1 unspecified atom stereocenters. The average Bonchev–Trinajstić information content (AvgIpc) is 2.63. The Balaban J connectivity index is 2.84. The van der Waals surface area contributed by atoms with Gasteiger partial charge in [0.05, 0.1) is 6.04 Å². The quantitative estimate of drug-likeness (QED) is 0.815. The summed E-state index contributed by atoms with van der Waals surface area (Å²) in [7, 11) is -0.545. The van der Waals surface area contributed by atoms with Crippen molar-refractivity contribution in [3.63, 3.8) is 0 Å². The van der Waals surface area contributed by atoms with E-state index >= 15 is 0 Å². The molecule has 0 fully saturated rings. The monoisotopic (exact) mass is 277 g/mol. The van der Waals surface area contributed by atoms with Crippen LogP contribution in [0.2, 0.25) is 0 Å². The Morgan fingerprint density at radius 1 is 1.53 bits per heavy atom. The molecule has 0 aliphatic heterocycles. The van der Waals surface area contributed by atoms with Crippen LogP contribution in [0.5, 0.6) is 0 Å². The fourth-order valence-corrected chi connectivity index (χ4v) is 3.49. The number of anilines is 1. The molecule has 1 amide bonds. The molecule has 6 nitrogen and oxygen atoms in total. The Labute approximate surface area is 104 Å². The van der Waals surface area contributed by atoms with Crippen LogP contribution in [0.15, 0.2) is 15.7 Å². The first-order valence-electron chi connectivity index (χ1n) is 4.81. The van der Waals surface area contributed by atoms with E-state index in [0.29, 0.717) is 5.69 Å². The molecule has 0 aliphatic carbocycles. The minimum atomic E-state index is -3.68. The number of nitrogens with one attached hydrogen (secondary N) is 1. The number of hydrogen-bond donors (Lipinski definition) is 2. The number of rotatable bonds is 4. The predicted molar refractivity (Wildman–Crippen MR) is 67.2 cm³/mol. The van der Waals surface area contributed by atoms with Gasteiger partial charge >= 0.3 is 0 Å². The smallest absolute Gasteiger partial charge is 0.250 e. The van der Waals surface area contributed by atoms with Gasteiger partial charge < -0.3 is 10.6 Å². The molecule has 0 spiro atoms. The zero-order valence-electron chi connectivity index (χ0n) is 9.80. The highest BCUT2D eigenvalue weighted by Crippen LogP contribution is 2.21. The molecule has 0 aromatic carbocycles. The SMILES string of the molecule is CC(NS(=O)(=O)c1cc(N)cs1)C(=O)N(C)C. The summed E-state index contributed by atoms with van der Waals surface area (Å²) in [6.07, 6.45) is 0. The van der Waals surface area contributed by atoms with Crippen LogP contribution in [0.3, 0.4) is 0 Å². The molecule has 1 atom stereocenters. The molecule has 0 saturated carbocycles. The summed E-state index contributed by atoms with van der Waals surface area (Å²) in [6.45, 7) is 1.50. The Morgan fingerprint density at radius 3 is 2.53 bits per heavy atom. The van der Waals surface area contributed by atoms with Crippen LogP contribution < -0.4 is 10.5 Å². The summed E-state index contributed by atoms with van der Waals surface area (Å²) in [4.78, 5) is 12.9. The number of hydrogen-bond acceptors (Lipinski definition) is 5. The lowest BCUT2D eigenvalue weighted by Gasteiger charge is -2.17. The lowest BCUT2D eigenvalue weighted by molar-refractivity contribution is -0.130. The van der Waals surface area contributed by atoms with E-state index < -0.39 is 16.1 Å². The van der Waals surface area contributed by atoms with Gasteiger partial charge in [-0.2, -0.15) is 4.72 Å². The minimum Gasteiger partial charge on any atom is -0.398 e. The van der Waals surface area contributed by atoms with Crippen molar-refractivity contribution >= 4 is 33.0 Å². The molecule has 0 radical (unpaired) electrons. The molecule has 0 aliphatic rings. The van der Waals surface area contributed by atoms with Gasteiger partial charge in [0.1, 0.15) is 4.21 Å². The first-order chi connectivity index (χ1) is 7.74. The van der Waals surface area contributed by atoms with Gasteiger partial charge in [0.15, 0.2) is 0 Å². The second-order valence-electron chi connectivity index (χ2n) is 3.77. The first kappa shape index (κ1) is 13.9. The fourth-order valence-electron chi connectivity index (χ4n) is 1.20. The third-order valence-corrected chi connectivity index (χ3v) is 5.00. The Bertz CT molecular complexity index is 507. The van der Waals surface area contributed by atoms with E-state index in [4.69, 9.17) is 5.73 Å². The number of likely N-dealkylation sites (N-methyl/N-ethyl adjacent to an activating group) is 1. The molecular formula is C9H15N3O3S2. The molecule has 1 heterocycles. The number of amides is 1. The first-order valence-corrected chi connectivity index (χ1v) is 7.18. The molecule has 1 aromatic heterocycles. The van der Waals surface area contributed by atoms with Gasteiger partial charge in [-0.05, 0) is 13.0 Å². The number of thiophene rings is 1. The van der Waals surface area contributed by atoms with E-state index in [1.54, 1.807) is 14.1 Å². The lowest BCUT2D eigenvalue weighted by atomic mass is 10.3. The molecule has 8 heteroatoms. The highest BCUT2D eigenvalue weighted by Gasteiger charge is 2.24. The van der Waals surface area contributed by atoms with Crippen molar-refractivity contribution in [2.75, 3.05) is 19.8 Å². The van der Waals surface area contributed by atoms with E-state index in [0.717, 1.165) is 11.3 Å². The number of nitrogens with two attached hydrogens (primary N) is 1. The normalized spacial score (nSPS) is 13.4. The largest absolute Gasteiger partial charge is 0.398 e. The molecule has 17 heavy (non-hydrogen) atoms. The topological polar surface area (TPSA) is 92.5 Å². The van der Waals surface area contributed by atoms with Crippen molar-refractivity contribution in [1.29, 1.82) is 0 Å². The van der Waals surface area contributed by atoms with Gasteiger partial charge in [-0.15, -0.1) is 11.3 Å². The van der Waals surface area contributed by atoms with Crippen LogP contribution in [-0.2, 0) is 14.8 Å². The van der Waals surface area contributed by atoms with E-state index in [2.05, 4.69) is 4.72 Å². The summed E-state index contributed by atoms with van der Waals surface area (Å²) < 4.78 is 26.1. The summed E-state index contributed by atoms with van der Waals surface area (Å²) in [5.74, 6) is -0.307.